The Hall–Kier alpha value is -1.88. The van der Waals surface area contributed by atoms with E-state index in [-0.39, 0.29) is 6.54 Å². The van der Waals surface area contributed by atoms with Crippen molar-refractivity contribution in [2.24, 2.45) is 5.73 Å². The van der Waals surface area contributed by atoms with Crippen LogP contribution in [0.25, 0.3) is 0 Å². The molecule has 90 valence electrons. The normalized spacial score (nSPS) is 23.5. The van der Waals surface area contributed by atoms with E-state index < -0.39 is 17.5 Å². The summed E-state index contributed by atoms with van der Waals surface area (Å²) in [7, 11) is 0. The molecule has 5 nitrogen and oxygen atoms in total. The van der Waals surface area contributed by atoms with E-state index in [2.05, 4.69) is 10.6 Å². The number of carbonyl (C=O) groups is 2. The zero-order valence-corrected chi connectivity index (χ0v) is 9.83. The van der Waals surface area contributed by atoms with Crippen LogP contribution in [-0.4, -0.2) is 18.5 Å². The Bertz CT molecular complexity index is 499. The van der Waals surface area contributed by atoms with Crippen molar-refractivity contribution in [3.05, 3.63) is 34.9 Å². The molecule has 1 aromatic carbocycles. The zero-order valence-electron chi connectivity index (χ0n) is 9.83. The van der Waals surface area contributed by atoms with E-state index in [4.69, 9.17) is 5.73 Å². The molecule has 1 aromatic rings. The third-order valence-corrected chi connectivity index (χ3v) is 3.10. The van der Waals surface area contributed by atoms with Crippen LogP contribution in [0.4, 0.5) is 4.79 Å². The van der Waals surface area contributed by atoms with Crippen LogP contribution in [-0.2, 0) is 10.3 Å². The second-order valence-corrected chi connectivity index (χ2v) is 4.34. The van der Waals surface area contributed by atoms with Gasteiger partial charge in [-0.15, -0.1) is 0 Å². The molecule has 3 amide bonds. The number of aryl methyl sites for hydroxylation is 2. The van der Waals surface area contributed by atoms with Crippen molar-refractivity contribution in [1.82, 2.24) is 10.6 Å². The quantitative estimate of drug-likeness (QED) is 0.642. The van der Waals surface area contributed by atoms with E-state index in [1.165, 1.54) is 0 Å². The monoisotopic (exact) mass is 233 g/mol. The summed E-state index contributed by atoms with van der Waals surface area (Å²) in [6, 6.07) is 5.26. The van der Waals surface area contributed by atoms with Crippen LogP contribution in [0.1, 0.15) is 16.7 Å². The van der Waals surface area contributed by atoms with Crippen molar-refractivity contribution < 1.29 is 9.59 Å². The molecule has 5 heteroatoms. The zero-order chi connectivity index (χ0) is 12.6. The summed E-state index contributed by atoms with van der Waals surface area (Å²) < 4.78 is 0. The summed E-state index contributed by atoms with van der Waals surface area (Å²) in [5.41, 5.74) is 7.27. The van der Waals surface area contributed by atoms with Crippen LogP contribution >= 0.6 is 0 Å². The maximum atomic E-state index is 11.9. The molecule has 1 atom stereocenters. The highest BCUT2D eigenvalue weighted by atomic mass is 16.2. The van der Waals surface area contributed by atoms with Crippen LogP contribution in [0.2, 0.25) is 0 Å². The predicted octanol–water partition coefficient (Wildman–Crippen LogP) is 0.297. The Labute approximate surface area is 99.4 Å². The number of rotatable bonds is 2. The number of hydrogen-bond donors (Lipinski definition) is 3. The van der Waals surface area contributed by atoms with Crippen LogP contribution in [0.15, 0.2) is 18.2 Å². The Morgan fingerprint density at radius 2 is 2.00 bits per heavy atom. The fourth-order valence-electron chi connectivity index (χ4n) is 2.13. The molecule has 0 bridgehead atoms. The van der Waals surface area contributed by atoms with Gasteiger partial charge in [0.1, 0.15) is 0 Å². The van der Waals surface area contributed by atoms with Gasteiger partial charge in [-0.25, -0.2) is 4.79 Å². The molecule has 0 aliphatic carbocycles. The van der Waals surface area contributed by atoms with Gasteiger partial charge in [0.2, 0.25) is 0 Å². The second kappa shape index (κ2) is 3.85. The van der Waals surface area contributed by atoms with Gasteiger partial charge in [-0.3, -0.25) is 10.1 Å². The first-order chi connectivity index (χ1) is 7.99. The first-order valence-electron chi connectivity index (χ1n) is 5.41. The number of nitrogens with one attached hydrogen (secondary N) is 2. The predicted molar refractivity (Wildman–Crippen MR) is 63.3 cm³/mol. The van der Waals surface area contributed by atoms with Crippen LogP contribution in [0.3, 0.4) is 0 Å². The van der Waals surface area contributed by atoms with Crippen LogP contribution < -0.4 is 16.4 Å². The summed E-state index contributed by atoms with van der Waals surface area (Å²) in [6.07, 6.45) is 0. The Morgan fingerprint density at radius 1 is 1.29 bits per heavy atom. The van der Waals surface area contributed by atoms with E-state index in [1.54, 1.807) is 0 Å². The van der Waals surface area contributed by atoms with E-state index in [0.717, 1.165) is 16.7 Å². The Balaban J connectivity index is 2.59. The fraction of sp³-hybridized carbons (Fsp3) is 0.333. The molecule has 0 spiro atoms. The highest BCUT2D eigenvalue weighted by Gasteiger charge is 2.47. The summed E-state index contributed by atoms with van der Waals surface area (Å²) in [6.45, 7) is 3.86. The highest BCUT2D eigenvalue weighted by molar-refractivity contribution is 6.07. The van der Waals surface area contributed by atoms with E-state index >= 15 is 0 Å². The number of benzene rings is 1. The van der Waals surface area contributed by atoms with E-state index in [9.17, 15) is 9.59 Å². The van der Waals surface area contributed by atoms with Crippen molar-refractivity contribution in [1.29, 1.82) is 0 Å². The van der Waals surface area contributed by atoms with Crippen molar-refractivity contribution >= 4 is 11.9 Å². The molecule has 2 rings (SSSR count). The van der Waals surface area contributed by atoms with Gasteiger partial charge in [0.25, 0.3) is 5.91 Å². The van der Waals surface area contributed by atoms with Gasteiger partial charge in [0.15, 0.2) is 5.54 Å². The minimum absolute atomic E-state index is 0.0366. The Kier molecular flexibility index (Phi) is 2.63. The first kappa shape index (κ1) is 11.6. The molecule has 1 heterocycles. The van der Waals surface area contributed by atoms with Gasteiger partial charge in [-0.1, -0.05) is 23.8 Å². The maximum absolute atomic E-state index is 11.9. The minimum Gasteiger partial charge on any atom is -0.327 e. The number of imide groups is 1. The van der Waals surface area contributed by atoms with Crippen LogP contribution in [0.5, 0.6) is 0 Å². The summed E-state index contributed by atoms with van der Waals surface area (Å²) in [4.78, 5) is 23.2. The SMILES string of the molecule is Cc1ccc(C)c(C2(CN)NC(=O)NC2=O)c1. The molecule has 1 aliphatic heterocycles. The second-order valence-electron chi connectivity index (χ2n) is 4.34. The summed E-state index contributed by atoms with van der Waals surface area (Å²) >= 11 is 0. The van der Waals surface area contributed by atoms with Gasteiger partial charge < -0.3 is 11.1 Å². The minimum atomic E-state index is -1.13. The lowest BCUT2D eigenvalue weighted by Crippen LogP contribution is -2.50. The Morgan fingerprint density at radius 3 is 2.53 bits per heavy atom. The maximum Gasteiger partial charge on any atom is 0.322 e. The third kappa shape index (κ3) is 1.68. The number of hydrogen-bond acceptors (Lipinski definition) is 3. The molecule has 1 aliphatic rings. The smallest absolute Gasteiger partial charge is 0.322 e. The number of carbonyl (C=O) groups excluding carboxylic acids is 2. The molecule has 4 N–H and O–H groups in total. The largest absolute Gasteiger partial charge is 0.327 e. The number of amides is 3. The summed E-state index contributed by atoms with van der Waals surface area (Å²) in [5.74, 6) is -0.390. The van der Waals surface area contributed by atoms with Gasteiger partial charge in [-0.05, 0) is 25.0 Å². The van der Waals surface area contributed by atoms with Crippen molar-refractivity contribution in [3.63, 3.8) is 0 Å². The lowest BCUT2D eigenvalue weighted by atomic mass is 9.86. The van der Waals surface area contributed by atoms with Gasteiger partial charge >= 0.3 is 6.03 Å². The first-order valence-corrected chi connectivity index (χ1v) is 5.41. The number of urea groups is 1. The lowest BCUT2D eigenvalue weighted by molar-refractivity contribution is -0.124. The van der Waals surface area contributed by atoms with E-state index in [0.29, 0.717) is 0 Å². The molecule has 0 aromatic heterocycles. The molecular weight excluding hydrogens is 218 g/mol. The topological polar surface area (TPSA) is 84.2 Å². The van der Waals surface area contributed by atoms with Crippen molar-refractivity contribution in [3.8, 4) is 0 Å². The molecule has 17 heavy (non-hydrogen) atoms. The van der Waals surface area contributed by atoms with Gasteiger partial charge in [0, 0.05) is 6.54 Å². The molecule has 1 unspecified atom stereocenters. The van der Waals surface area contributed by atoms with Crippen LogP contribution in [0, 0.1) is 13.8 Å². The average Bonchev–Trinajstić information content (AvgIpc) is 2.58. The molecular formula is C12H15N3O2. The van der Waals surface area contributed by atoms with E-state index in [1.807, 2.05) is 32.0 Å². The molecule has 1 saturated heterocycles. The molecule has 0 radical (unpaired) electrons. The summed E-state index contributed by atoms with van der Waals surface area (Å²) in [5, 5.41) is 4.86. The highest BCUT2D eigenvalue weighted by Crippen LogP contribution is 2.27. The molecule has 0 saturated carbocycles. The fourth-order valence-corrected chi connectivity index (χ4v) is 2.13. The average molecular weight is 233 g/mol. The van der Waals surface area contributed by atoms with Gasteiger partial charge in [-0.2, -0.15) is 0 Å². The third-order valence-electron chi connectivity index (χ3n) is 3.10. The van der Waals surface area contributed by atoms with Crippen molar-refractivity contribution in [2.45, 2.75) is 19.4 Å². The van der Waals surface area contributed by atoms with Crippen molar-refractivity contribution in [2.75, 3.05) is 6.54 Å². The molecule has 1 fully saturated rings. The number of nitrogens with two attached hydrogens (primary N) is 1. The standard InChI is InChI=1S/C12H15N3O2/c1-7-3-4-8(2)9(5-7)12(6-13)10(16)14-11(17)15-12/h3-5H,6,13H2,1-2H3,(H2,14,15,16,17). The lowest BCUT2D eigenvalue weighted by Gasteiger charge is -2.26. The van der Waals surface area contributed by atoms with Gasteiger partial charge in [0.05, 0.1) is 0 Å².